The highest BCUT2D eigenvalue weighted by Crippen LogP contribution is 2.29. The van der Waals surface area contributed by atoms with E-state index in [0.717, 1.165) is 16.5 Å². The maximum absolute atomic E-state index is 11.1. The van der Waals surface area contributed by atoms with Gasteiger partial charge in [0.2, 0.25) is 0 Å². The molecule has 0 aromatic heterocycles. The molecule has 0 saturated carbocycles. The van der Waals surface area contributed by atoms with Gasteiger partial charge in [-0.25, -0.2) is 0 Å². The summed E-state index contributed by atoms with van der Waals surface area (Å²) in [6.45, 7) is 4.62. The number of hydrogen-bond acceptors (Lipinski definition) is 4. The summed E-state index contributed by atoms with van der Waals surface area (Å²) < 4.78 is 0.861. The highest BCUT2D eigenvalue weighted by Gasteiger charge is 2.19. The van der Waals surface area contributed by atoms with Crippen LogP contribution in [0.2, 0.25) is 0 Å². The zero-order valence-corrected chi connectivity index (χ0v) is 12.9. The molecule has 6 heteroatoms. The molecule has 0 bridgehead atoms. The van der Waals surface area contributed by atoms with Gasteiger partial charge in [-0.3, -0.25) is 10.1 Å². The van der Waals surface area contributed by atoms with Gasteiger partial charge in [0.1, 0.15) is 5.69 Å². The Morgan fingerprint density at radius 3 is 2.50 bits per heavy atom. The van der Waals surface area contributed by atoms with E-state index in [1.807, 2.05) is 0 Å². The fourth-order valence-electron chi connectivity index (χ4n) is 1.81. The van der Waals surface area contributed by atoms with E-state index in [9.17, 15) is 10.1 Å². The van der Waals surface area contributed by atoms with Gasteiger partial charge in [0.15, 0.2) is 0 Å². The lowest BCUT2D eigenvalue weighted by Gasteiger charge is -2.31. The van der Waals surface area contributed by atoms with Crippen LogP contribution in [0.3, 0.4) is 0 Å². The maximum atomic E-state index is 11.1. The summed E-state index contributed by atoms with van der Waals surface area (Å²) in [5.41, 5.74) is 7.69. The van der Waals surface area contributed by atoms with Crippen molar-refractivity contribution in [2.45, 2.75) is 26.3 Å². The number of nitrogens with two attached hydrogens (primary N) is 1. The molecule has 0 spiro atoms. The summed E-state index contributed by atoms with van der Waals surface area (Å²) in [6, 6.07) is 3.62. The number of nitrogens with one attached hydrogen (secondary N) is 1. The molecule has 20 heavy (non-hydrogen) atoms. The van der Waals surface area contributed by atoms with Crippen LogP contribution in [0.25, 0.3) is 0 Å². The highest BCUT2D eigenvalue weighted by atomic mass is 16.6. The SMILES string of the molecule is Cc1cc([N+](=O)[O-])c(NCCC(C)[N+](C)(C)C)cc1N. The lowest BCUT2D eigenvalue weighted by atomic mass is 10.1. The van der Waals surface area contributed by atoms with Gasteiger partial charge >= 0.3 is 0 Å². The van der Waals surface area contributed by atoms with Gasteiger partial charge in [0, 0.05) is 24.7 Å². The van der Waals surface area contributed by atoms with Gasteiger partial charge in [-0.05, 0) is 25.5 Å². The first-order valence-corrected chi connectivity index (χ1v) is 6.72. The third-order valence-corrected chi connectivity index (χ3v) is 3.78. The Hall–Kier alpha value is -1.82. The molecule has 0 amide bonds. The summed E-state index contributed by atoms with van der Waals surface area (Å²) in [5, 5.41) is 14.2. The number of quaternary nitrogens is 1. The van der Waals surface area contributed by atoms with Gasteiger partial charge in [-0.2, -0.15) is 0 Å². The van der Waals surface area contributed by atoms with Gasteiger partial charge < -0.3 is 15.5 Å². The summed E-state index contributed by atoms with van der Waals surface area (Å²) in [7, 11) is 6.41. The molecular formula is C14H25N4O2+. The minimum atomic E-state index is -0.377. The third-order valence-electron chi connectivity index (χ3n) is 3.78. The molecule has 1 atom stereocenters. The number of hydrogen-bond donors (Lipinski definition) is 2. The number of nitro groups is 1. The molecule has 1 aromatic carbocycles. The Bertz CT molecular complexity index is 495. The van der Waals surface area contributed by atoms with Crippen LogP contribution in [0, 0.1) is 17.0 Å². The van der Waals surface area contributed by atoms with E-state index < -0.39 is 0 Å². The lowest BCUT2D eigenvalue weighted by Crippen LogP contribution is -2.44. The Balaban J connectivity index is 2.78. The largest absolute Gasteiger partial charge is 0.398 e. The van der Waals surface area contributed by atoms with Gasteiger partial charge in [-0.1, -0.05) is 0 Å². The number of benzene rings is 1. The number of nitrogen functional groups attached to an aromatic ring is 1. The van der Waals surface area contributed by atoms with E-state index in [2.05, 4.69) is 33.4 Å². The molecule has 0 heterocycles. The van der Waals surface area contributed by atoms with Crippen molar-refractivity contribution in [3.05, 3.63) is 27.8 Å². The predicted octanol–water partition coefficient (Wildman–Crippen LogP) is 2.38. The van der Waals surface area contributed by atoms with E-state index in [1.165, 1.54) is 6.07 Å². The molecule has 1 rings (SSSR count). The zero-order valence-electron chi connectivity index (χ0n) is 12.9. The van der Waals surface area contributed by atoms with Crippen molar-refractivity contribution in [1.29, 1.82) is 0 Å². The first-order valence-electron chi connectivity index (χ1n) is 6.72. The number of nitrogens with zero attached hydrogens (tertiary/aromatic N) is 2. The molecule has 0 aliphatic carbocycles. The van der Waals surface area contributed by atoms with E-state index in [4.69, 9.17) is 5.73 Å². The van der Waals surface area contributed by atoms with Crippen LogP contribution in [0.4, 0.5) is 17.1 Å². The van der Waals surface area contributed by atoms with Crippen LogP contribution < -0.4 is 11.1 Å². The average Bonchev–Trinajstić information content (AvgIpc) is 2.31. The smallest absolute Gasteiger partial charge is 0.292 e. The van der Waals surface area contributed by atoms with Crippen molar-refractivity contribution in [3.63, 3.8) is 0 Å². The van der Waals surface area contributed by atoms with Gasteiger partial charge in [0.25, 0.3) is 5.69 Å². The summed E-state index contributed by atoms with van der Waals surface area (Å²) >= 11 is 0. The van der Waals surface area contributed by atoms with E-state index >= 15 is 0 Å². The summed E-state index contributed by atoms with van der Waals surface area (Å²) in [6.07, 6.45) is 0.925. The Morgan fingerprint density at radius 1 is 1.40 bits per heavy atom. The van der Waals surface area contributed by atoms with E-state index in [-0.39, 0.29) is 10.6 Å². The van der Waals surface area contributed by atoms with Crippen molar-refractivity contribution in [2.24, 2.45) is 0 Å². The quantitative estimate of drug-likeness (QED) is 0.363. The average molecular weight is 281 g/mol. The van der Waals surface area contributed by atoms with Crippen molar-refractivity contribution in [2.75, 3.05) is 38.7 Å². The minimum Gasteiger partial charge on any atom is -0.398 e. The topological polar surface area (TPSA) is 81.2 Å². The molecule has 3 N–H and O–H groups in total. The fourth-order valence-corrected chi connectivity index (χ4v) is 1.81. The second-order valence-electron chi connectivity index (χ2n) is 6.16. The normalized spacial score (nSPS) is 13.1. The number of aryl methyl sites for hydroxylation is 1. The molecule has 0 saturated heterocycles. The number of rotatable bonds is 6. The minimum absolute atomic E-state index is 0.0783. The third kappa shape index (κ3) is 4.09. The molecule has 0 aliphatic heterocycles. The van der Waals surface area contributed by atoms with Gasteiger partial charge in [-0.15, -0.1) is 0 Å². The monoisotopic (exact) mass is 281 g/mol. The maximum Gasteiger partial charge on any atom is 0.292 e. The second-order valence-corrected chi connectivity index (χ2v) is 6.16. The second kappa shape index (κ2) is 6.09. The predicted molar refractivity (Wildman–Crippen MR) is 82.8 cm³/mol. The summed E-state index contributed by atoms with van der Waals surface area (Å²) in [4.78, 5) is 10.7. The molecule has 6 nitrogen and oxygen atoms in total. The zero-order chi connectivity index (χ0) is 15.5. The molecule has 112 valence electrons. The first kappa shape index (κ1) is 16.2. The summed E-state index contributed by atoms with van der Waals surface area (Å²) in [5.74, 6) is 0. The van der Waals surface area contributed by atoms with Crippen molar-refractivity contribution in [3.8, 4) is 0 Å². The van der Waals surface area contributed by atoms with E-state index in [0.29, 0.717) is 24.0 Å². The van der Waals surface area contributed by atoms with Gasteiger partial charge in [0.05, 0.1) is 32.1 Å². The molecule has 1 unspecified atom stereocenters. The Morgan fingerprint density at radius 2 is 2.00 bits per heavy atom. The number of anilines is 2. The standard InChI is InChI=1S/C14H25N4O2/c1-10-8-14(17(19)20)13(9-12(10)15)16-7-6-11(2)18(3,4)5/h8-9,11,16H,6-7,15H2,1-5H3/q+1. The molecule has 0 aliphatic rings. The molecule has 0 fully saturated rings. The van der Waals surface area contributed by atoms with Crippen LogP contribution >= 0.6 is 0 Å². The van der Waals surface area contributed by atoms with Crippen LogP contribution in [0.15, 0.2) is 12.1 Å². The van der Waals surface area contributed by atoms with E-state index in [1.54, 1.807) is 13.0 Å². The van der Waals surface area contributed by atoms with Crippen LogP contribution in [0.5, 0.6) is 0 Å². The highest BCUT2D eigenvalue weighted by molar-refractivity contribution is 5.70. The first-order chi connectivity index (χ1) is 9.12. The Labute approximate surface area is 120 Å². The van der Waals surface area contributed by atoms with Crippen LogP contribution in [-0.4, -0.2) is 43.1 Å². The number of nitro benzene ring substituents is 1. The molecule has 1 aromatic rings. The van der Waals surface area contributed by atoms with Crippen molar-refractivity contribution < 1.29 is 9.41 Å². The Kier molecular flexibility index (Phi) is 4.94. The van der Waals surface area contributed by atoms with Crippen LogP contribution in [-0.2, 0) is 0 Å². The van der Waals surface area contributed by atoms with Crippen molar-refractivity contribution >= 4 is 17.1 Å². The molecule has 0 radical (unpaired) electrons. The lowest BCUT2D eigenvalue weighted by molar-refractivity contribution is -0.894. The molecular weight excluding hydrogens is 256 g/mol. The van der Waals surface area contributed by atoms with Crippen LogP contribution in [0.1, 0.15) is 18.9 Å². The fraction of sp³-hybridized carbons (Fsp3) is 0.571. The van der Waals surface area contributed by atoms with Crippen molar-refractivity contribution in [1.82, 2.24) is 0 Å².